The quantitative estimate of drug-likeness (QED) is 0.753. The van der Waals surface area contributed by atoms with E-state index in [1.807, 2.05) is 0 Å². The molecule has 1 aromatic heterocycles. The van der Waals surface area contributed by atoms with Gasteiger partial charge in [-0.1, -0.05) is 5.16 Å². The van der Waals surface area contributed by atoms with Crippen LogP contribution in [0.5, 0.6) is 5.75 Å². The third kappa shape index (κ3) is 2.72. The highest BCUT2D eigenvalue weighted by atomic mass is 16.7. The van der Waals surface area contributed by atoms with Crippen LogP contribution >= 0.6 is 0 Å². The summed E-state index contributed by atoms with van der Waals surface area (Å²) in [6, 6.07) is -0.101. The van der Waals surface area contributed by atoms with Crippen molar-refractivity contribution in [3.63, 3.8) is 0 Å². The summed E-state index contributed by atoms with van der Waals surface area (Å²) in [7, 11) is 0. The molecule has 2 N–H and O–H groups in total. The number of hydrogen-bond donors (Lipinski definition) is 2. The molecule has 0 aliphatic rings. The molecule has 0 atom stereocenters. The second kappa shape index (κ2) is 4.65. The fourth-order valence-corrected chi connectivity index (χ4v) is 1.04. The van der Waals surface area contributed by atoms with E-state index in [1.54, 1.807) is 13.8 Å². The number of hydrogen-bond acceptors (Lipinski definition) is 5. The predicted molar refractivity (Wildman–Crippen MR) is 52.5 cm³/mol. The Morgan fingerprint density at radius 2 is 2.12 bits per heavy atom. The van der Waals surface area contributed by atoms with Crippen LogP contribution in [-0.2, 0) is 0 Å². The van der Waals surface area contributed by atoms with Crippen LogP contribution in [-0.4, -0.2) is 28.4 Å². The molecule has 16 heavy (non-hydrogen) atoms. The van der Waals surface area contributed by atoms with Crippen molar-refractivity contribution < 1.29 is 24.0 Å². The van der Waals surface area contributed by atoms with Crippen molar-refractivity contribution in [2.75, 3.05) is 0 Å². The van der Waals surface area contributed by atoms with E-state index < -0.39 is 12.1 Å². The lowest BCUT2D eigenvalue weighted by Gasteiger charge is -2.06. The van der Waals surface area contributed by atoms with E-state index >= 15 is 0 Å². The van der Waals surface area contributed by atoms with Crippen molar-refractivity contribution in [1.82, 2.24) is 10.5 Å². The van der Waals surface area contributed by atoms with Crippen LogP contribution in [0.1, 0.15) is 30.1 Å². The summed E-state index contributed by atoms with van der Waals surface area (Å²) in [5.74, 6) is -0.980. The smallest absolute Gasteiger partial charge is 0.449 e. The van der Waals surface area contributed by atoms with Gasteiger partial charge in [-0.25, -0.2) is 4.79 Å². The van der Waals surface area contributed by atoms with Crippen molar-refractivity contribution in [1.29, 1.82) is 0 Å². The van der Waals surface area contributed by atoms with Gasteiger partial charge in [0.05, 0.1) is 0 Å². The molecule has 0 bridgehead atoms. The van der Waals surface area contributed by atoms with E-state index in [-0.39, 0.29) is 23.2 Å². The van der Waals surface area contributed by atoms with Gasteiger partial charge in [0.1, 0.15) is 5.69 Å². The lowest BCUT2D eigenvalue weighted by molar-refractivity contribution is 0.0900. The van der Waals surface area contributed by atoms with Crippen LogP contribution in [0.4, 0.5) is 4.79 Å². The molecule has 0 fully saturated rings. The molecule has 0 aliphatic carbocycles. The van der Waals surface area contributed by atoms with Crippen LogP contribution in [0.25, 0.3) is 0 Å². The molecule has 0 saturated carbocycles. The highest BCUT2D eigenvalue weighted by Crippen LogP contribution is 2.23. The molecule has 0 unspecified atom stereocenters. The molecule has 0 spiro atoms. The van der Waals surface area contributed by atoms with Gasteiger partial charge in [-0.05, 0) is 20.8 Å². The largest absolute Gasteiger partial charge is 0.511 e. The first kappa shape index (κ1) is 12.0. The van der Waals surface area contributed by atoms with E-state index in [2.05, 4.69) is 15.2 Å². The molecule has 7 heteroatoms. The van der Waals surface area contributed by atoms with Crippen LogP contribution in [0.15, 0.2) is 4.52 Å². The zero-order chi connectivity index (χ0) is 12.3. The number of aryl methyl sites for hydroxylation is 1. The van der Waals surface area contributed by atoms with Crippen molar-refractivity contribution in [3.8, 4) is 5.75 Å². The summed E-state index contributed by atoms with van der Waals surface area (Å²) in [6.45, 7) is 5.01. The summed E-state index contributed by atoms with van der Waals surface area (Å²) >= 11 is 0. The molecule has 0 aliphatic heterocycles. The van der Waals surface area contributed by atoms with Crippen molar-refractivity contribution in [2.24, 2.45) is 0 Å². The molecule has 0 aromatic carbocycles. The summed E-state index contributed by atoms with van der Waals surface area (Å²) in [5, 5.41) is 14.5. The third-order valence-corrected chi connectivity index (χ3v) is 1.62. The van der Waals surface area contributed by atoms with Crippen LogP contribution < -0.4 is 10.1 Å². The van der Waals surface area contributed by atoms with E-state index in [9.17, 15) is 9.59 Å². The molecule has 1 heterocycles. The average Bonchev–Trinajstić information content (AvgIpc) is 2.46. The van der Waals surface area contributed by atoms with Crippen LogP contribution in [0, 0.1) is 6.92 Å². The highest BCUT2D eigenvalue weighted by molar-refractivity contribution is 5.95. The maximum atomic E-state index is 11.6. The summed E-state index contributed by atoms with van der Waals surface area (Å²) in [4.78, 5) is 21.9. The van der Waals surface area contributed by atoms with Gasteiger partial charge in [0.25, 0.3) is 11.7 Å². The van der Waals surface area contributed by atoms with Gasteiger partial charge in [0.2, 0.25) is 5.75 Å². The minimum absolute atomic E-state index is 0.101. The average molecular weight is 228 g/mol. The molecule has 0 saturated heterocycles. The monoisotopic (exact) mass is 228 g/mol. The van der Waals surface area contributed by atoms with Gasteiger partial charge in [0.15, 0.2) is 0 Å². The number of ether oxygens (including phenoxy) is 1. The first-order valence-corrected chi connectivity index (χ1v) is 4.59. The Hall–Kier alpha value is -2.05. The zero-order valence-corrected chi connectivity index (χ0v) is 9.10. The third-order valence-electron chi connectivity index (χ3n) is 1.62. The van der Waals surface area contributed by atoms with Gasteiger partial charge in [-0.15, -0.1) is 0 Å². The molecular formula is C9H12N2O5. The lowest BCUT2D eigenvalue weighted by Crippen LogP contribution is -2.30. The number of rotatable bonds is 3. The van der Waals surface area contributed by atoms with E-state index in [0.717, 1.165) is 0 Å². The van der Waals surface area contributed by atoms with Gasteiger partial charge in [-0.2, -0.15) is 0 Å². The van der Waals surface area contributed by atoms with E-state index in [0.29, 0.717) is 0 Å². The molecule has 1 aromatic rings. The molecule has 0 radical (unpaired) electrons. The number of carbonyl (C=O) groups is 2. The summed E-state index contributed by atoms with van der Waals surface area (Å²) < 4.78 is 9.13. The minimum atomic E-state index is -1.52. The summed E-state index contributed by atoms with van der Waals surface area (Å²) in [5.41, 5.74) is 0.205. The topological polar surface area (TPSA) is 102 Å². The normalized spacial score (nSPS) is 10.2. The minimum Gasteiger partial charge on any atom is -0.449 e. The van der Waals surface area contributed by atoms with E-state index in [4.69, 9.17) is 9.63 Å². The van der Waals surface area contributed by atoms with Crippen LogP contribution in [0.2, 0.25) is 0 Å². The van der Waals surface area contributed by atoms with Gasteiger partial charge >= 0.3 is 6.16 Å². The number of nitrogens with zero attached hydrogens (tertiary/aromatic N) is 1. The van der Waals surface area contributed by atoms with Gasteiger partial charge in [-0.3, -0.25) is 4.79 Å². The second-order valence-electron chi connectivity index (χ2n) is 3.42. The summed E-state index contributed by atoms with van der Waals surface area (Å²) in [6.07, 6.45) is -1.52. The maximum absolute atomic E-state index is 11.6. The van der Waals surface area contributed by atoms with Gasteiger partial charge < -0.3 is 19.7 Å². The first-order valence-electron chi connectivity index (χ1n) is 4.59. The lowest BCUT2D eigenvalue weighted by atomic mass is 10.3. The zero-order valence-electron chi connectivity index (χ0n) is 9.10. The van der Waals surface area contributed by atoms with Crippen LogP contribution in [0.3, 0.4) is 0 Å². The Labute approximate surface area is 91.4 Å². The Morgan fingerprint density at radius 3 is 2.62 bits per heavy atom. The molecule has 1 rings (SSSR count). The first-order chi connectivity index (χ1) is 7.41. The Balaban J connectivity index is 2.95. The molecule has 88 valence electrons. The molecule has 7 nitrogen and oxygen atoms in total. The Morgan fingerprint density at radius 1 is 1.50 bits per heavy atom. The highest BCUT2D eigenvalue weighted by Gasteiger charge is 2.24. The molecule has 1 amide bonds. The fourth-order valence-electron chi connectivity index (χ4n) is 1.04. The van der Waals surface area contributed by atoms with E-state index in [1.165, 1.54) is 6.92 Å². The van der Waals surface area contributed by atoms with Crippen molar-refractivity contribution >= 4 is 12.1 Å². The SMILES string of the molecule is Cc1noc(C(=O)NC(C)C)c1OC(=O)O. The number of carboxylic acid groups (broad SMARTS) is 1. The van der Waals surface area contributed by atoms with Gasteiger partial charge in [0, 0.05) is 6.04 Å². The number of aromatic nitrogens is 1. The standard InChI is InChI=1S/C9H12N2O5/c1-4(2)10-8(12)7-6(15-9(13)14)5(3)11-16-7/h4H,1-3H3,(H,10,12)(H,13,14). The second-order valence-corrected chi connectivity index (χ2v) is 3.42. The van der Waals surface area contributed by atoms with Crippen molar-refractivity contribution in [3.05, 3.63) is 11.5 Å². The Bertz CT molecular complexity index is 410. The number of amides is 1. The fraction of sp³-hybridized carbons (Fsp3) is 0.444. The van der Waals surface area contributed by atoms with Crippen molar-refractivity contribution in [2.45, 2.75) is 26.8 Å². The Kier molecular flexibility index (Phi) is 3.49. The molecular weight excluding hydrogens is 216 g/mol. The number of nitrogens with one attached hydrogen (secondary N) is 1. The number of carbonyl (C=O) groups excluding carboxylic acids is 1. The predicted octanol–water partition coefficient (Wildman–Crippen LogP) is 1.18. The maximum Gasteiger partial charge on any atom is 0.511 e.